The Balaban J connectivity index is 1.45. The minimum atomic E-state index is -0.659. The molecule has 0 amide bonds. The average Bonchev–Trinajstić information content (AvgIpc) is 2.88. The number of aromatic nitrogens is 2. The van der Waals surface area contributed by atoms with Gasteiger partial charge in [-0.05, 0) is 60.3 Å². The van der Waals surface area contributed by atoms with Crippen molar-refractivity contribution in [2.75, 3.05) is 30.8 Å². The maximum Gasteiger partial charge on any atom is 0.237 e. The zero-order chi connectivity index (χ0) is 24.4. The van der Waals surface area contributed by atoms with Crippen LogP contribution >= 0.6 is 11.9 Å². The number of nitrogens with zero attached hydrogens (tertiary/aromatic N) is 2. The van der Waals surface area contributed by atoms with Crippen LogP contribution in [0.1, 0.15) is 18.3 Å². The predicted molar refractivity (Wildman–Crippen MR) is 131 cm³/mol. The number of nitrogens with one attached hydrogen (secondary N) is 1. The van der Waals surface area contributed by atoms with Gasteiger partial charge in [-0.2, -0.15) is 0 Å². The minimum absolute atomic E-state index is 0.243. The van der Waals surface area contributed by atoms with E-state index >= 15 is 0 Å². The summed E-state index contributed by atoms with van der Waals surface area (Å²) < 4.78 is 47.1. The highest BCUT2D eigenvalue weighted by atomic mass is 32.2. The second kappa shape index (κ2) is 10.0. The first-order valence-corrected chi connectivity index (χ1v) is 11.7. The number of fused-ring (bicyclic) bond motifs is 1. The Morgan fingerprint density at radius 3 is 2.66 bits per heavy atom. The number of halogens is 2. The molecule has 0 atom stereocenters. The molecule has 0 saturated carbocycles. The van der Waals surface area contributed by atoms with Gasteiger partial charge in [-0.1, -0.05) is 6.07 Å². The highest BCUT2D eigenvalue weighted by molar-refractivity contribution is 8.00. The lowest BCUT2D eigenvalue weighted by Gasteiger charge is -2.24. The average molecular weight is 497 g/mol. The number of benzene rings is 2. The van der Waals surface area contributed by atoms with Crippen molar-refractivity contribution in [2.24, 2.45) is 0 Å². The molecule has 1 saturated heterocycles. The van der Waals surface area contributed by atoms with Crippen molar-refractivity contribution in [3.8, 4) is 17.0 Å². The number of nitrogens with two attached hydrogens (primary N) is 1. The van der Waals surface area contributed by atoms with Gasteiger partial charge >= 0.3 is 0 Å². The lowest BCUT2D eigenvalue weighted by molar-refractivity contribution is -0.182. The summed E-state index contributed by atoms with van der Waals surface area (Å²) in [5.41, 5.74) is 9.84. The highest BCUT2D eigenvalue weighted by Crippen LogP contribution is 2.35. The summed E-state index contributed by atoms with van der Waals surface area (Å²) >= 11 is 1.00. The maximum absolute atomic E-state index is 14.0. The van der Waals surface area contributed by atoms with Crippen LogP contribution < -0.4 is 15.2 Å². The van der Waals surface area contributed by atoms with Crippen LogP contribution in [0.2, 0.25) is 0 Å². The van der Waals surface area contributed by atoms with Gasteiger partial charge in [0.1, 0.15) is 23.1 Å². The Kier molecular flexibility index (Phi) is 6.67. The third kappa shape index (κ3) is 5.00. The van der Waals surface area contributed by atoms with E-state index in [1.165, 1.54) is 19.2 Å². The molecule has 1 aliphatic heterocycles. The third-order valence-corrected chi connectivity index (χ3v) is 6.37. The fraction of sp³-hybridized carbons (Fsp3) is 0.200. The van der Waals surface area contributed by atoms with Gasteiger partial charge < -0.3 is 24.7 Å². The maximum atomic E-state index is 14.0. The molecule has 2 aromatic heterocycles. The summed E-state index contributed by atoms with van der Waals surface area (Å²) in [7, 11) is 1.50. The van der Waals surface area contributed by atoms with Crippen LogP contribution in [0.25, 0.3) is 22.0 Å². The van der Waals surface area contributed by atoms with E-state index in [2.05, 4.69) is 14.7 Å². The van der Waals surface area contributed by atoms with Gasteiger partial charge in [0.25, 0.3) is 0 Å². The van der Waals surface area contributed by atoms with E-state index < -0.39 is 17.9 Å². The number of hydrogen-bond acceptors (Lipinski definition) is 8. The van der Waals surface area contributed by atoms with Crippen LogP contribution in [0.4, 0.5) is 20.3 Å². The number of nitrogen functional groups attached to an aromatic ring is 1. The first kappa shape index (κ1) is 23.3. The normalized spacial score (nSPS) is 14.3. The summed E-state index contributed by atoms with van der Waals surface area (Å²) in [6.45, 7) is 1.21. The van der Waals surface area contributed by atoms with Crippen LogP contribution in [0.3, 0.4) is 0 Å². The number of ether oxygens (including phenoxy) is 3. The molecule has 2 aromatic carbocycles. The van der Waals surface area contributed by atoms with Crippen LogP contribution in [0.5, 0.6) is 5.88 Å². The molecule has 1 fully saturated rings. The molecule has 0 bridgehead atoms. The number of hydrogen-bond donors (Lipinski definition) is 2. The molecule has 0 radical (unpaired) electrons. The number of pyridine rings is 2. The Bertz CT molecular complexity index is 1380. The van der Waals surface area contributed by atoms with Crippen molar-refractivity contribution < 1.29 is 23.0 Å². The van der Waals surface area contributed by atoms with Gasteiger partial charge in [0.05, 0.1) is 36.3 Å². The van der Waals surface area contributed by atoms with Crippen LogP contribution in [-0.4, -0.2) is 30.3 Å². The lowest BCUT2D eigenvalue weighted by Crippen LogP contribution is -2.19. The van der Waals surface area contributed by atoms with E-state index in [1.54, 1.807) is 6.20 Å². The number of anilines is 2. The van der Waals surface area contributed by atoms with Crippen molar-refractivity contribution in [3.63, 3.8) is 0 Å². The first-order valence-electron chi connectivity index (χ1n) is 10.9. The van der Waals surface area contributed by atoms with Crippen molar-refractivity contribution in [3.05, 3.63) is 71.9 Å². The topological polar surface area (TPSA) is 91.5 Å². The molecular formula is C25H22F2N4O3S. The fourth-order valence-corrected chi connectivity index (χ4v) is 4.42. The Labute approximate surface area is 204 Å². The molecule has 0 unspecified atom stereocenters. The van der Waals surface area contributed by atoms with Crippen LogP contribution in [0.15, 0.2) is 59.6 Å². The van der Waals surface area contributed by atoms with Gasteiger partial charge in [-0.3, -0.25) is 0 Å². The van der Waals surface area contributed by atoms with Gasteiger partial charge in [-0.25, -0.2) is 18.7 Å². The molecule has 7 nitrogen and oxygen atoms in total. The number of methoxy groups -OCH3 is 1. The van der Waals surface area contributed by atoms with Crippen molar-refractivity contribution >= 4 is 34.4 Å². The second-order valence-electron chi connectivity index (χ2n) is 7.86. The molecule has 3 heterocycles. The fourth-order valence-electron chi connectivity index (χ4n) is 3.76. The van der Waals surface area contributed by atoms with Gasteiger partial charge in [0, 0.05) is 23.2 Å². The van der Waals surface area contributed by atoms with E-state index in [9.17, 15) is 8.78 Å². The standard InChI is InChI=1S/C25H22F2N4O3S/c1-32-24-21(31-35-22-6-4-17(26)12-19(22)27)11-16(13-29-24)14-3-5-20-15(9-14)10-18(23(28)30-20)25-33-7-2-8-34-25/h3-6,9-13,25,31H,2,7-8H2,1H3,(H2,28,30). The Morgan fingerprint density at radius 1 is 1.06 bits per heavy atom. The van der Waals surface area contributed by atoms with E-state index in [0.717, 1.165) is 46.5 Å². The first-order chi connectivity index (χ1) is 17.0. The summed E-state index contributed by atoms with van der Waals surface area (Å²) in [6, 6.07) is 13.0. The molecule has 3 N–H and O–H groups in total. The van der Waals surface area contributed by atoms with Gasteiger partial charge in [0.2, 0.25) is 5.88 Å². The van der Waals surface area contributed by atoms with Crippen molar-refractivity contribution in [1.29, 1.82) is 0 Å². The summed E-state index contributed by atoms with van der Waals surface area (Å²) in [4.78, 5) is 9.14. The van der Waals surface area contributed by atoms with Gasteiger partial charge in [0.15, 0.2) is 6.29 Å². The molecule has 4 aromatic rings. The van der Waals surface area contributed by atoms with Crippen molar-refractivity contribution in [2.45, 2.75) is 17.6 Å². The summed E-state index contributed by atoms with van der Waals surface area (Å²) in [6.07, 6.45) is 1.99. The molecule has 0 aliphatic carbocycles. The predicted octanol–water partition coefficient (Wildman–Crippen LogP) is 5.72. The largest absolute Gasteiger partial charge is 0.480 e. The molecular weight excluding hydrogens is 474 g/mol. The molecule has 35 heavy (non-hydrogen) atoms. The minimum Gasteiger partial charge on any atom is -0.480 e. The lowest BCUT2D eigenvalue weighted by atomic mass is 10.0. The zero-order valence-electron chi connectivity index (χ0n) is 18.8. The van der Waals surface area contributed by atoms with E-state index in [4.69, 9.17) is 19.9 Å². The third-order valence-electron chi connectivity index (χ3n) is 5.50. The SMILES string of the molecule is COc1ncc(-c2ccc3nc(N)c(C4OCCCO4)cc3c2)cc1NSc1ccc(F)cc1F. The monoisotopic (exact) mass is 496 g/mol. The Hall–Kier alpha value is -3.47. The highest BCUT2D eigenvalue weighted by Gasteiger charge is 2.21. The molecule has 5 rings (SSSR count). The molecule has 180 valence electrons. The smallest absolute Gasteiger partial charge is 0.237 e. The van der Waals surface area contributed by atoms with E-state index in [1.807, 2.05) is 30.3 Å². The number of rotatable bonds is 6. The zero-order valence-corrected chi connectivity index (χ0v) is 19.6. The van der Waals surface area contributed by atoms with E-state index in [-0.39, 0.29) is 4.90 Å². The summed E-state index contributed by atoms with van der Waals surface area (Å²) in [5.74, 6) is -0.577. The van der Waals surface area contributed by atoms with Gasteiger partial charge in [-0.15, -0.1) is 0 Å². The van der Waals surface area contributed by atoms with Crippen LogP contribution in [-0.2, 0) is 9.47 Å². The quantitative estimate of drug-likeness (QED) is 0.328. The van der Waals surface area contributed by atoms with Crippen LogP contribution in [0, 0.1) is 11.6 Å². The second-order valence-corrected chi connectivity index (χ2v) is 8.71. The molecule has 1 aliphatic rings. The Morgan fingerprint density at radius 2 is 1.89 bits per heavy atom. The van der Waals surface area contributed by atoms with Crippen molar-refractivity contribution in [1.82, 2.24) is 9.97 Å². The van der Waals surface area contributed by atoms with E-state index in [0.29, 0.717) is 36.2 Å². The molecule has 10 heteroatoms. The molecule has 0 spiro atoms. The summed E-state index contributed by atoms with van der Waals surface area (Å²) in [5, 5.41) is 0.873.